The molecule has 1 aliphatic carbocycles. The second-order valence-corrected chi connectivity index (χ2v) is 11.0. The number of ether oxygens (including phenoxy) is 3. The molecule has 0 saturated carbocycles. The fourth-order valence-corrected chi connectivity index (χ4v) is 6.39. The van der Waals surface area contributed by atoms with Crippen molar-refractivity contribution in [3.63, 3.8) is 0 Å². The molecular formula is C35H31NO7. The number of phenolic OH excluding ortho intramolecular Hbond substituents is 2. The lowest BCUT2D eigenvalue weighted by molar-refractivity contribution is 0.192. The Morgan fingerprint density at radius 3 is 2.67 bits per heavy atom. The third kappa shape index (κ3) is 4.46. The van der Waals surface area contributed by atoms with E-state index >= 15 is 0 Å². The molecule has 4 aromatic carbocycles. The van der Waals surface area contributed by atoms with Crippen molar-refractivity contribution >= 4 is 33.5 Å². The maximum absolute atomic E-state index is 11.7. The second kappa shape index (κ2) is 10.7. The molecule has 2 atom stereocenters. The van der Waals surface area contributed by atoms with Crippen molar-refractivity contribution in [1.29, 1.82) is 0 Å². The van der Waals surface area contributed by atoms with E-state index in [1.54, 1.807) is 24.3 Å². The predicted octanol–water partition coefficient (Wildman–Crippen LogP) is 5.90. The summed E-state index contributed by atoms with van der Waals surface area (Å²) in [6.45, 7) is 0.0831. The molecule has 1 aromatic heterocycles. The zero-order valence-corrected chi connectivity index (χ0v) is 23.6. The maximum Gasteiger partial charge on any atom is 0.335 e. The van der Waals surface area contributed by atoms with Crippen LogP contribution in [0.5, 0.6) is 28.7 Å². The first-order chi connectivity index (χ1) is 21.0. The van der Waals surface area contributed by atoms with Crippen molar-refractivity contribution in [2.24, 2.45) is 0 Å². The summed E-state index contributed by atoms with van der Waals surface area (Å²) in [5, 5.41) is 34.2. The van der Waals surface area contributed by atoms with Crippen LogP contribution < -0.4 is 19.2 Å². The number of allylic oxidation sites excluding steroid dienone is 1. The Bertz CT molecular complexity index is 1900. The molecule has 2 unspecified atom stereocenters. The Kier molecular flexibility index (Phi) is 6.70. The van der Waals surface area contributed by atoms with Gasteiger partial charge in [-0.2, -0.15) is 6.20 Å². The number of benzene rings is 4. The second-order valence-electron chi connectivity index (χ2n) is 11.0. The first kappa shape index (κ1) is 26.9. The van der Waals surface area contributed by atoms with Crippen LogP contribution in [0.4, 0.5) is 0 Å². The molecule has 0 bridgehead atoms. The monoisotopic (exact) mass is 577 g/mol. The van der Waals surface area contributed by atoms with Crippen LogP contribution in [0.2, 0.25) is 0 Å². The molecule has 0 saturated heterocycles. The van der Waals surface area contributed by atoms with E-state index in [9.17, 15) is 20.1 Å². The molecule has 218 valence electrons. The number of ketones is 1. The molecule has 1 aliphatic heterocycles. The van der Waals surface area contributed by atoms with Gasteiger partial charge in [-0.05, 0) is 51.4 Å². The van der Waals surface area contributed by atoms with Crippen LogP contribution in [-0.2, 0) is 6.42 Å². The molecular weight excluding hydrogens is 546 g/mol. The molecule has 2 aliphatic rings. The van der Waals surface area contributed by atoms with E-state index in [2.05, 4.69) is 35.3 Å². The van der Waals surface area contributed by atoms with Crippen LogP contribution in [-0.4, -0.2) is 46.2 Å². The molecule has 43 heavy (non-hydrogen) atoms. The van der Waals surface area contributed by atoms with Gasteiger partial charge >= 0.3 is 5.78 Å². The van der Waals surface area contributed by atoms with Gasteiger partial charge in [0, 0.05) is 24.5 Å². The van der Waals surface area contributed by atoms with E-state index in [0.29, 0.717) is 29.7 Å². The molecule has 8 nitrogen and oxygen atoms in total. The van der Waals surface area contributed by atoms with Crippen molar-refractivity contribution in [3.8, 4) is 28.7 Å². The Labute approximate surface area is 247 Å². The molecule has 0 spiro atoms. The van der Waals surface area contributed by atoms with E-state index < -0.39 is 6.10 Å². The van der Waals surface area contributed by atoms with Gasteiger partial charge < -0.3 is 34.5 Å². The number of rotatable bonds is 8. The average Bonchev–Trinajstić information content (AvgIpc) is 3.49. The van der Waals surface area contributed by atoms with E-state index in [-0.39, 0.29) is 54.3 Å². The molecule has 7 rings (SSSR count). The summed E-state index contributed by atoms with van der Waals surface area (Å²) in [7, 11) is 1.45. The average molecular weight is 578 g/mol. The highest BCUT2D eigenvalue weighted by molar-refractivity contribution is 6.12. The van der Waals surface area contributed by atoms with Crippen LogP contribution >= 0.6 is 0 Å². The number of fused-ring (bicyclic) bond motifs is 3. The van der Waals surface area contributed by atoms with E-state index in [4.69, 9.17) is 14.2 Å². The fraction of sp³-hybridized carbons (Fsp3) is 0.229. The zero-order valence-electron chi connectivity index (χ0n) is 23.6. The number of carbonyl (C=O) groups excluding carboxylic acids is 1. The molecule has 4 N–H and O–H groups in total. The summed E-state index contributed by atoms with van der Waals surface area (Å²) in [6.07, 6.45) is 6.37. The van der Waals surface area contributed by atoms with Gasteiger partial charge in [-0.15, -0.1) is 5.52 Å². The summed E-state index contributed by atoms with van der Waals surface area (Å²) < 4.78 is 18.2. The Morgan fingerprint density at radius 1 is 1.05 bits per heavy atom. The predicted molar refractivity (Wildman–Crippen MR) is 164 cm³/mol. The van der Waals surface area contributed by atoms with Gasteiger partial charge in [0.05, 0.1) is 13.7 Å². The number of phenols is 2. The zero-order chi connectivity index (χ0) is 29.7. The maximum atomic E-state index is 11.7. The van der Waals surface area contributed by atoms with Gasteiger partial charge in [-0.3, -0.25) is 4.79 Å². The fourth-order valence-electron chi connectivity index (χ4n) is 6.39. The minimum atomic E-state index is -0.561. The summed E-state index contributed by atoms with van der Waals surface area (Å²) in [6, 6.07) is 17.1. The molecule has 0 radical (unpaired) electrons. The third-order valence-electron chi connectivity index (χ3n) is 8.41. The van der Waals surface area contributed by atoms with Gasteiger partial charge in [0.25, 0.3) is 0 Å². The first-order valence-corrected chi connectivity index (χ1v) is 14.3. The highest BCUT2D eigenvalue weighted by atomic mass is 16.5. The Balaban J connectivity index is 1.37. The first-order valence-electron chi connectivity index (χ1n) is 14.3. The summed E-state index contributed by atoms with van der Waals surface area (Å²) in [5.41, 5.74) is 4.76. The molecule has 0 amide bonds. The van der Waals surface area contributed by atoms with Crippen LogP contribution in [0.3, 0.4) is 0 Å². The van der Waals surface area contributed by atoms with Crippen LogP contribution in [0.15, 0.2) is 66.9 Å². The highest BCUT2D eigenvalue weighted by Gasteiger charge is 2.41. The number of nitrogens with zero attached hydrogens (tertiary/aromatic N) is 1. The van der Waals surface area contributed by atoms with Crippen molar-refractivity contribution in [2.45, 2.75) is 31.3 Å². The lowest BCUT2D eigenvalue weighted by Crippen LogP contribution is -2.24. The summed E-state index contributed by atoms with van der Waals surface area (Å²) in [5.74, 6) is 0.527. The summed E-state index contributed by atoms with van der Waals surface area (Å²) in [4.78, 5) is 16.0. The molecule has 5 aromatic rings. The standard InChI is InChI=1S/C35H30NO7/c1-41-35-32(40)26(16-20-6-7-21-17-27-24(12-13-36-27)25-5-2-4-23(20)30(21)25)33-31(34(35)42-15-3-14-37)28(39)18-29(43-33)19-8-10-22(38)11-9-19/h2,4-13,17,20,29,37-38H,3,14-16,18H2,1H3,(H,39,40)/q-1/p+1. The van der Waals surface area contributed by atoms with Gasteiger partial charge in [-0.1, -0.05) is 54.6 Å². The number of aliphatic hydroxyl groups excluding tert-OH is 1. The minimum absolute atomic E-state index is 0.0376. The van der Waals surface area contributed by atoms with Gasteiger partial charge in [-0.25, -0.2) is 0 Å². The van der Waals surface area contributed by atoms with E-state index in [1.165, 1.54) is 7.11 Å². The Morgan fingerprint density at radius 2 is 1.88 bits per heavy atom. The number of aromatic nitrogens is 1. The van der Waals surface area contributed by atoms with E-state index in [1.807, 2.05) is 18.3 Å². The SMILES string of the molecule is COc1c(O)c(CC2C=Cc3cc4[n-]ccc4c4cccc2c34)c2c(c1OCCCO)C(=[OH+])CC(c1ccc(O)cc1)O2. The number of methoxy groups -OCH3 is 1. The lowest BCUT2D eigenvalue weighted by atomic mass is 9.81. The number of hydrogen-bond donors (Lipinski definition) is 3. The van der Waals surface area contributed by atoms with Gasteiger partial charge in [0.15, 0.2) is 17.1 Å². The number of aliphatic hydroxyl groups is 1. The quantitative estimate of drug-likeness (QED) is 0.155. The molecule has 8 heteroatoms. The number of hydrogen-bond acceptors (Lipinski definition) is 6. The normalized spacial score (nSPS) is 17.2. The highest BCUT2D eigenvalue weighted by Crippen LogP contribution is 2.54. The third-order valence-corrected chi connectivity index (χ3v) is 8.41. The molecule has 2 heterocycles. The largest absolute Gasteiger partial charge is 0.664 e. The van der Waals surface area contributed by atoms with E-state index in [0.717, 1.165) is 38.4 Å². The van der Waals surface area contributed by atoms with Gasteiger partial charge in [0.1, 0.15) is 24.0 Å². The van der Waals surface area contributed by atoms with Crippen molar-refractivity contribution in [1.82, 2.24) is 4.98 Å². The van der Waals surface area contributed by atoms with Crippen LogP contribution in [0.1, 0.15) is 52.7 Å². The van der Waals surface area contributed by atoms with Gasteiger partial charge in [0.2, 0.25) is 5.75 Å². The van der Waals surface area contributed by atoms with Crippen LogP contribution in [0.25, 0.3) is 27.8 Å². The topological polar surface area (TPSA) is 124 Å². The van der Waals surface area contributed by atoms with Crippen molar-refractivity contribution in [2.75, 3.05) is 20.3 Å². The summed E-state index contributed by atoms with van der Waals surface area (Å²) >= 11 is 0. The van der Waals surface area contributed by atoms with Crippen molar-refractivity contribution < 1.29 is 34.3 Å². The number of aromatic hydroxyl groups is 2. The van der Waals surface area contributed by atoms with Crippen molar-refractivity contribution in [3.05, 3.63) is 94.7 Å². The minimum Gasteiger partial charge on any atom is -0.664 e. The smallest absolute Gasteiger partial charge is 0.335 e. The molecule has 0 fully saturated rings. The lowest BCUT2D eigenvalue weighted by Gasteiger charge is -2.30. The Hall–Kier alpha value is -4.95. The van der Waals surface area contributed by atoms with Crippen LogP contribution in [0, 0.1) is 0 Å².